The highest BCUT2D eigenvalue weighted by atomic mass is 32.2. The number of rotatable bonds is 8. The van der Waals surface area contributed by atoms with Gasteiger partial charge in [-0.25, -0.2) is 4.98 Å². The molecule has 2 aromatic carbocycles. The number of unbranched alkanes of at least 4 members (excludes halogenated alkanes) is 2. The number of nitrogens with zero attached hydrogens (tertiary/aromatic N) is 2. The molecule has 4 rings (SSSR count). The summed E-state index contributed by atoms with van der Waals surface area (Å²) in [5, 5.41) is 3.51. The summed E-state index contributed by atoms with van der Waals surface area (Å²) in [7, 11) is 0. The van der Waals surface area contributed by atoms with Gasteiger partial charge in [0, 0.05) is 13.0 Å². The second kappa shape index (κ2) is 10.2. The van der Waals surface area contributed by atoms with E-state index in [0.717, 1.165) is 35.0 Å². The number of fused-ring (bicyclic) bond motifs is 1. The molecule has 158 valence electrons. The molecule has 0 unspecified atom stereocenters. The van der Waals surface area contributed by atoms with E-state index in [9.17, 15) is 9.59 Å². The highest BCUT2D eigenvalue weighted by molar-refractivity contribution is 8.26. The van der Waals surface area contributed by atoms with E-state index in [-0.39, 0.29) is 11.8 Å². The number of aromatic nitrogens is 1. The molecule has 31 heavy (non-hydrogen) atoms. The number of para-hydroxylation sites is 1. The average Bonchev–Trinajstić information content (AvgIpc) is 3.29. The minimum Gasteiger partial charge on any atom is -0.302 e. The summed E-state index contributed by atoms with van der Waals surface area (Å²) in [6.45, 7) is 0.580. The van der Waals surface area contributed by atoms with Gasteiger partial charge in [0.25, 0.3) is 5.91 Å². The molecule has 1 aromatic heterocycles. The normalized spacial score (nSPS) is 15.2. The average molecular weight is 468 g/mol. The number of nitrogens with one attached hydrogen (secondary N) is 1. The largest absolute Gasteiger partial charge is 0.302 e. The van der Waals surface area contributed by atoms with Crippen LogP contribution in [-0.2, 0) is 9.59 Å². The molecule has 8 heteroatoms. The minimum atomic E-state index is -0.0348. The van der Waals surface area contributed by atoms with Gasteiger partial charge >= 0.3 is 0 Å². The Kier molecular flexibility index (Phi) is 7.11. The highest BCUT2D eigenvalue weighted by Crippen LogP contribution is 2.32. The van der Waals surface area contributed by atoms with Crippen molar-refractivity contribution in [2.24, 2.45) is 0 Å². The maximum Gasteiger partial charge on any atom is 0.266 e. The Morgan fingerprint density at radius 1 is 1.06 bits per heavy atom. The molecule has 1 saturated heterocycles. The molecule has 5 nitrogen and oxygen atoms in total. The SMILES string of the molecule is O=C(CCCCCN1C(=O)C(=Cc2ccccc2)SC1=S)Nc1nc2ccccc2s1. The monoisotopic (exact) mass is 467 g/mol. The number of thioether (sulfide) groups is 1. The van der Waals surface area contributed by atoms with Gasteiger partial charge in [-0.15, -0.1) is 0 Å². The van der Waals surface area contributed by atoms with E-state index >= 15 is 0 Å². The molecule has 1 fully saturated rings. The van der Waals surface area contributed by atoms with Crippen LogP contribution in [0.2, 0.25) is 0 Å². The molecule has 0 aliphatic carbocycles. The second-order valence-corrected chi connectivity index (χ2v) is 9.80. The van der Waals surface area contributed by atoms with Crippen LogP contribution in [0.4, 0.5) is 5.13 Å². The number of anilines is 1. The lowest BCUT2D eigenvalue weighted by molar-refractivity contribution is -0.122. The number of carbonyl (C=O) groups excluding carboxylic acids is 2. The van der Waals surface area contributed by atoms with Gasteiger partial charge in [-0.1, -0.05) is 84.2 Å². The van der Waals surface area contributed by atoms with E-state index in [2.05, 4.69) is 10.3 Å². The fraction of sp³-hybridized carbons (Fsp3) is 0.217. The van der Waals surface area contributed by atoms with Crippen LogP contribution < -0.4 is 5.32 Å². The third-order valence-electron chi connectivity index (χ3n) is 4.80. The predicted molar refractivity (Wildman–Crippen MR) is 133 cm³/mol. The summed E-state index contributed by atoms with van der Waals surface area (Å²) < 4.78 is 1.66. The van der Waals surface area contributed by atoms with Crippen molar-refractivity contribution in [1.29, 1.82) is 0 Å². The first-order chi connectivity index (χ1) is 15.1. The van der Waals surface area contributed by atoms with Gasteiger partial charge in [-0.05, 0) is 36.6 Å². The Hall–Kier alpha value is -2.55. The van der Waals surface area contributed by atoms with Crippen molar-refractivity contribution in [2.45, 2.75) is 25.7 Å². The summed E-state index contributed by atoms with van der Waals surface area (Å²) in [6.07, 6.45) is 4.72. The Labute approximate surface area is 194 Å². The lowest BCUT2D eigenvalue weighted by Crippen LogP contribution is -2.29. The Morgan fingerprint density at radius 3 is 2.65 bits per heavy atom. The van der Waals surface area contributed by atoms with Gasteiger partial charge in [0.1, 0.15) is 4.32 Å². The Morgan fingerprint density at radius 2 is 1.84 bits per heavy atom. The van der Waals surface area contributed by atoms with Crippen molar-refractivity contribution in [3.63, 3.8) is 0 Å². The second-order valence-electron chi connectivity index (χ2n) is 7.09. The van der Waals surface area contributed by atoms with Crippen molar-refractivity contribution in [1.82, 2.24) is 9.88 Å². The third kappa shape index (κ3) is 5.58. The van der Waals surface area contributed by atoms with Gasteiger partial charge in [0.2, 0.25) is 5.91 Å². The zero-order chi connectivity index (χ0) is 21.6. The Bertz CT molecular complexity index is 1110. The van der Waals surface area contributed by atoms with Crippen molar-refractivity contribution >= 4 is 72.9 Å². The number of thiazole rings is 1. The maximum absolute atomic E-state index is 12.6. The minimum absolute atomic E-state index is 0.0320. The molecular weight excluding hydrogens is 446 g/mol. The summed E-state index contributed by atoms with van der Waals surface area (Å²) in [5.41, 5.74) is 1.88. The molecule has 2 amide bonds. The first-order valence-electron chi connectivity index (χ1n) is 10.1. The zero-order valence-corrected chi connectivity index (χ0v) is 19.2. The van der Waals surface area contributed by atoms with Gasteiger partial charge in [0.05, 0.1) is 15.1 Å². The van der Waals surface area contributed by atoms with E-state index in [4.69, 9.17) is 12.2 Å². The van der Waals surface area contributed by atoms with E-state index < -0.39 is 0 Å². The summed E-state index contributed by atoms with van der Waals surface area (Å²) >= 11 is 8.21. The fourth-order valence-electron chi connectivity index (χ4n) is 3.23. The van der Waals surface area contributed by atoms with Crippen LogP contribution in [0.15, 0.2) is 59.5 Å². The van der Waals surface area contributed by atoms with Gasteiger partial charge in [-0.3, -0.25) is 14.5 Å². The number of hydrogen-bond acceptors (Lipinski definition) is 6. The van der Waals surface area contributed by atoms with Crippen molar-refractivity contribution in [2.75, 3.05) is 11.9 Å². The molecule has 1 aliphatic heterocycles. The lowest BCUT2D eigenvalue weighted by Gasteiger charge is -2.14. The smallest absolute Gasteiger partial charge is 0.266 e. The molecule has 0 spiro atoms. The number of benzene rings is 2. The number of amides is 2. The van der Waals surface area contributed by atoms with Crippen LogP contribution in [0.3, 0.4) is 0 Å². The van der Waals surface area contributed by atoms with Gasteiger partial charge in [0.15, 0.2) is 5.13 Å². The standard InChI is InChI=1S/C23H21N3O2S3/c27-20(25-22-24-17-11-6-7-12-18(17)30-22)13-5-2-8-14-26-21(28)19(31-23(26)29)15-16-9-3-1-4-10-16/h1,3-4,6-7,9-12,15H,2,5,8,13-14H2,(H,24,25,27). The first-order valence-corrected chi connectivity index (χ1v) is 12.1. The topological polar surface area (TPSA) is 62.3 Å². The third-order valence-corrected chi connectivity index (χ3v) is 7.13. The van der Waals surface area contributed by atoms with Crippen LogP contribution in [0.25, 0.3) is 16.3 Å². The van der Waals surface area contributed by atoms with Crippen LogP contribution >= 0.6 is 35.3 Å². The Balaban J connectivity index is 1.20. The number of thiocarbonyl (C=S) groups is 1. The zero-order valence-electron chi connectivity index (χ0n) is 16.7. The maximum atomic E-state index is 12.6. The van der Waals surface area contributed by atoms with Crippen LogP contribution in [0.5, 0.6) is 0 Å². The molecule has 0 bridgehead atoms. The fourth-order valence-corrected chi connectivity index (χ4v) is 5.42. The molecule has 0 radical (unpaired) electrons. The molecule has 1 N–H and O–H groups in total. The molecule has 2 heterocycles. The molecule has 1 aliphatic rings. The molecular formula is C23H21N3O2S3. The van der Waals surface area contributed by atoms with Crippen LogP contribution in [0, 0.1) is 0 Å². The van der Waals surface area contributed by atoms with Gasteiger partial charge in [-0.2, -0.15) is 0 Å². The lowest BCUT2D eigenvalue weighted by atomic mass is 10.2. The van der Waals surface area contributed by atoms with Crippen LogP contribution in [0.1, 0.15) is 31.2 Å². The van der Waals surface area contributed by atoms with Crippen LogP contribution in [-0.4, -0.2) is 32.6 Å². The van der Waals surface area contributed by atoms with E-state index in [0.29, 0.717) is 27.3 Å². The van der Waals surface area contributed by atoms with E-state index in [1.807, 2.05) is 60.7 Å². The first kappa shape index (κ1) is 21.7. The highest BCUT2D eigenvalue weighted by Gasteiger charge is 2.31. The summed E-state index contributed by atoms with van der Waals surface area (Å²) in [4.78, 5) is 31.6. The quantitative estimate of drug-likeness (QED) is 0.262. The summed E-state index contributed by atoms with van der Waals surface area (Å²) in [5.74, 6) is -0.0668. The predicted octanol–water partition coefficient (Wildman–Crippen LogP) is 5.70. The van der Waals surface area contributed by atoms with Crippen molar-refractivity contribution in [3.05, 3.63) is 65.1 Å². The number of carbonyl (C=O) groups is 2. The van der Waals surface area contributed by atoms with E-state index in [1.165, 1.54) is 23.1 Å². The number of hydrogen-bond donors (Lipinski definition) is 1. The van der Waals surface area contributed by atoms with Crippen molar-refractivity contribution < 1.29 is 9.59 Å². The molecule has 0 saturated carbocycles. The molecule has 0 atom stereocenters. The molecule has 3 aromatic rings. The van der Waals surface area contributed by atoms with Crippen molar-refractivity contribution in [3.8, 4) is 0 Å². The van der Waals surface area contributed by atoms with E-state index in [1.54, 1.807) is 4.90 Å². The summed E-state index contributed by atoms with van der Waals surface area (Å²) in [6, 6.07) is 17.6. The van der Waals surface area contributed by atoms with Gasteiger partial charge < -0.3 is 5.32 Å².